The first-order valence-corrected chi connectivity index (χ1v) is 5.75. The van der Waals surface area contributed by atoms with Crippen molar-refractivity contribution in [2.75, 3.05) is 6.54 Å². The van der Waals surface area contributed by atoms with Gasteiger partial charge in [0.1, 0.15) is 6.54 Å². The van der Waals surface area contributed by atoms with E-state index in [9.17, 15) is 4.79 Å². The Bertz CT molecular complexity index is 562. The first kappa shape index (κ1) is 12.0. The summed E-state index contributed by atoms with van der Waals surface area (Å²) in [7, 11) is 0. The molecule has 0 fully saturated rings. The molecule has 5 heteroatoms. The molecule has 0 saturated carbocycles. The normalized spacial score (nSPS) is 10.9. The molecular weight excluding hydrogens is 238 g/mol. The standard InChI is InChI=1S/C12H14ClN3O/c13-9-1-2-10-8(3-4-14)6-16(7-12(15)17)11(10)5-9/h1-2,5-6H,3-4,7,14H2,(H2,15,17). The van der Waals surface area contributed by atoms with Crippen molar-refractivity contribution in [3.8, 4) is 0 Å². The van der Waals surface area contributed by atoms with Crippen LogP contribution in [0, 0.1) is 0 Å². The zero-order valence-corrected chi connectivity index (χ0v) is 10.1. The summed E-state index contributed by atoms with van der Waals surface area (Å²) in [5.74, 6) is -0.374. The van der Waals surface area contributed by atoms with Crippen LogP contribution in [0.25, 0.3) is 10.9 Å². The monoisotopic (exact) mass is 251 g/mol. The molecule has 90 valence electrons. The molecule has 4 nitrogen and oxygen atoms in total. The Hall–Kier alpha value is -1.52. The fourth-order valence-corrected chi connectivity index (χ4v) is 2.16. The van der Waals surface area contributed by atoms with E-state index in [-0.39, 0.29) is 12.5 Å². The summed E-state index contributed by atoms with van der Waals surface area (Å²) < 4.78 is 1.81. The van der Waals surface area contributed by atoms with Crippen molar-refractivity contribution >= 4 is 28.4 Å². The molecule has 0 saturated heterocycles. The minimum absolute atomic E-state index is 0.154. The summed E-state index contributed by atoms with van der Waals surface area (Å²) in [5, 5.41) is 1.71. The maximum atomic E-state index is 11.0. The molecule has 1 aromatic carbocycles. The van der Waals surface area contributed by atoms with Crippen molar-refractivity contribution in [2.24, 2.45) is 11.5 Å². The van der Waals surface area contributed by atoms with Gasteiger partial charge >= 0.3 is 0 Å². The summed E-state index contributed by atoms with van der Waals surface area (Å²) in [4.78, 5) is 11.0. The number of nitrogens with two attached hydrogens (primary N) is 2. The van der Waals surface area contributed by atoms with Crippen molar-refractivity contribution in [1.82, 2.24) is 4.57 Å². The molecule has 1 aromatic heterocycles. The van der Waals surface area contributed by atoms with E-state index in [1.807, 2.05) is 29.0 Å². The predicted molar refractivity (Wildman–Crippen MR) is 68.9 cm³/mol. The number of amides is 1. The van der Waals surface area contributed by atoms with Crippen LogP contribution in [0.1, 0.15) is 5.56 Å². The number of fused-ring (bicyclic) bond motifs is 1. The highest BCUT2D eigenvalue weighted by Crippen LogP contribution is 2.25. The Morgan fingerprint density at radius 3 is 2.82 bits per heavy atom. The van der Waals surface area contributed by atoms with Gasteiger partial charge in [-0.25, -0.2) is 0 Å². The van der Waals surface area contributed by atoms with Gasteiger partial charge in [-0.1, -0.05) is 17.7 Å². The van der Waals surface area contributed by atoms with Crippen molar-refractivity contribution < 1.29 is 4.79 Å². The molecule has 17 heavy (non-hydrogen) atoms. The van der Waals surface area contributed by atoms with Crippen LogP contribution in [0.15, 0.2) is 24.4 Å². The van der Waals surface area contributed by atoms with Crippen LogP contribution >= 0.6 is 11.6 Å². The minimum atomic E-state index is -0.374. The van der Waals surface area contributed by atoms with Crippen LogP contribution in [-0.2, 0) is 17.8 Å². The molecule has 0 radical (unpaired) electrons. The maximum absolute atomic E-state index is 11.0. The van der Waals surface area contributed by atoms with Crippen LogP contribution < -0.4 is 11.5 Å². The number of carbonyl (C=O) groups excluding carboxylic acids is 1. The molecule has 0 unspecified atom stereocenters. The molecule has 0 aliphatic carbocycles. The van der Waals surface area contributed by atoms with Crippen LogP contribution in [0.2, 0.25) is 5.02 Å². The molecule has 2 rings (SSSR count). The van der Waals surface area contributed by atoms with Crippen LogP contribution in [0.3, 0.4) is 0 Å². The fraction of sp³-hybridized carbons (Fsp3) is 0.250. The second-order valence-corrected chi connectivity index (χ2v) is 4.39. The smallest absolute Gasteiger partial charge is 0.237 e. The highest BCUT2D eigenvalue weighted by Gasteiger charge is 2.09. The zero-order valence-electron chi connectivity index (χ0n) is 9.32. The summed E-state index contributed by atoms with van der Waals surface area (Å²) in [6.07, 6.45) is 2.68. The third-order valence-electron chi connectivity index (χ3n) is 2.67. The van der Waals surface area contributed by atoms with Gasteiger partial charge in [0.25, 0.3) is 0 Å². The van der Waals surface area contributed by atoms with Gasteiger partial charge in [-0.2, -0.15) is 0 Å². The van der Waals surface area contributed by atoms with E-state index in [1.54, 1.807) is 0 Å². The molecule has 0 bridgehead atoms. The Balaban J connectivity index is 2.57. The van der Waals surface area contributed by atoms with Gasteiger partial charge in [-0.15, -0.1) is 0 Å². The summed E-state index contributed by atoms with van der Waals surface area (Å²) in [6, 6.07) is 5.61. The van der Waals surface area contributed by atoms with Crippen molar-refractivity contribution in [1.29, 1.82) is 0 Å². The van der Waals surface area contributed by atoms with E-state index >= 15 is 0 Å². The number of benzene rings is 1. The van der Waals surface area contributed by atoms with Gasteiger partial charge in [0, 0.05) is 16.6 Å². The number of hydrogen-bond donors (Lipinski definition) is 2. The van der Waals surface area contributed by atoms with Gasteiger partial charge in [-0.3, -0.25) is 4.79 Å². The zero-order chi connectivity index (χ0) is 12.4. The number of hydrogen-bond acceptors (Lipinski definition) is 2. The van der Waals surface area contributed by atoms with E-state index in [0.717, 1.165) is 22.9 Å². The van der Waals surface area contributed by atoms with Crippen molar-refractivity contribution in [3.05, 3.63) is 35.0 Å². The van der Waals surface area contributed by atoms with Crippen LogP contribution in [0.4, 0.5) is 0 Å². The Morgan fingerprint density at radius 1 is 1.41 bits per heavy atom. The largest absolute Gasteiger partial charge is 0.368 e. The van der Waals surface area contributed by atoms with Gasteiger partial charge < -0.3 is 16.0 Å². The molecular formula is C12H14ClN3O. The maximum Gasteiger partial charge on any atom is 0.237 e. The predicted octanol–water partition coefficient (Wildman–Crippen LogP) is 1.28. The highest BCUT2D eigenvalue weighted by atomic mass is 35.5. The Labute approximate surface area is 104 Å². The van der Waals surface area contributed by atoms with Gasteiger partial charge in [-0.05, 0) is 30.7 Å². The van der Waals surface area contributed by atoms with E-state index in [2.05, 4.69) is 0 Å². The second kappa shape index (κ2) is 4.77. The lowest BCUT2D eigenvalue weighted by Crippen LogP contribution is -2.17. The number of aromatic nitrogens is 1. The first-order valence-electron chi connectivity index (χ1n) is 5.37. The number of halogens is 1. The number of rotatable bonds is 4. The first-order chi connectivity index (χ1) is 8.11. The lowest BCUT2D eigenvalue weighted by atomic mass is 10.1. The molecule has 0 aliphatic heterocycles. The molecule has 0 spiro atoms. The van der Waals surface area contributed by atoms with Crippen LogP contribution in [-0.4, -0.2) is 17.0 Å². The van der Waals surface area contributed by atoms with E-state index < -0.39 is 0 Å². The fourth-order valence-electron chi connectivity index (χ4n) is 1.99. The quantitative estimate of drug-likeness (QED) is 0.859. The van der Waals surface area contributed by atoms with Crippen molar-refractivity contribution in [2.45, 2.75) is 13.0 Å². The molecule has 2 aromatic rings. The number of primary amides is 1. The van der Waals surface area contributed by atoms with E-state index in [4.69, 9.17) is 23.1 Å². The van der Waals surface area contributed by atoms with E-state index in [1.165, 1.54) is 0 Å². The Kier molecular flexibility index (Phi) is 3.36. The number of nitrogens with zero attached hydrogens (tertiary/aromatic N) is 1. The molecule has 1 amide bonds. The van der Waals surface area contributed by atoms with Gasteiger partial charge in [0.05, 0.1) is 5.52 Å². The summed E-state index contributed by atoms with van der Waals surface area (Å²) in [6.45, 7) is 0.722. The lowest BCUT2D eigenvalue weighted by Gasteiger charge is -2.01. The molecule has 0 atom stereocenters. The second-order valence-electron chi connectivity index (χ2n) is 3.95. The third kappa shape index (κ3) is 2.43. The SMILES string of the molecule is NCCc1cn(CC(N)=O)c2cc(Cl)ccc12. The molecule has 0 aliphatic rings. The highest BCUT2D eigenvalue weighted by molar-refractivity contribution is 6.31. The summed E-state index contributed by atoms with van der Waals surface area (Å²) >= 11 is 5.96. The number of carbonyl (C=O) groups is 1. The average molecular weight is 252 g/mol. The molecule has 1 heterocycles. The third-order valence-corrected chi connectivity index (χ3v) is 2.90. The lowest BCUT2D eigenvalue weighted by molar-refractivity contribution is -0.118. The van der Waals surface area contributed by atoms with Crippen molar-refractivity contribution in [3.63, 3.8) is 0 Å². The Morgan fingerprint density at radius 2 is 2.18 bits per heavy atom. The molecule has 4 N–H and O–H groups in total. The van der Waals surface area contributed by atoms with E-state index in [0.29, 0.717) is 11.6 Å². The van der Waals surface area contributed by atoms with Crippen LogP contribution in [0.5, 0.6) is 0 Å². The average Bonchev–Trinajstić information content (AvgIpc) is 2.56. The van der Waals surface area contributed by atoms with Gasteiger partial charge in [0.15, 0.2) is 0 Å². The van der Waals surface area contributed by atoms with Gasteiger partial charge in [0.2, 0.25) is 5.91 Å². The topological polar surface area (TPSA) is 74.0 Å². The minimum Gasteiger partial charge on any atom is -0.368 e. The summed E-state index contributed by atoms with van der Waals surface area (Å²) in [5.41, 5.74) is 12.8.